The van der Waals surface area contributed by atoms with Crippen molar-refractivity contribution in [3.05, 3.63) is 29.8 Å². The fourth-order valence-electron chi connectivity index (χ4n) is 2.01. The van der Waals surface area contributed by atoms with Gasteiger partial charge in [-0.15, -0.1) is 0 Å². The highest BCUT2D eigenvalue weighted by atomic mass is 16.5. The Morgan fingerprint density at radius 2 is 1.90 bits per heavy atom. The maximum Gasteiger partial charge on any atom is 0.303 e. The summed E-state index contributed by atoms with van der Waals surface area (Å²) in [5.41, 5.74) is 0.329. The molecule has 1 rings (SSSR count). The Kier molecular flexibility index (Phi) is 5.55. The van der Waals surface area contributed by atoms with Gasteiger partial charge in [-0.3, -0.25) is 9.59 Å². The molecule has 0 heterocycles. The first kappa shape index (κ1) is 16.0. The van der Waals surface area contributed by atoms with Gasteiger partial charge in [-0.1, -0.05) is 32.0 Å². The molecular formula is C15H21NO4. The van der Waals surface area contributed by atoms with Crippen molar-refractivity contribution < 1.29 is 19.4 Å². The molecule has 0 unspecified atom stereocenters. The van der Waals surface area contributed by atoms with Crippen molar-refractivity contribution in [1.29, 1.82) is 0 Å². The van der Waals surface area contributed by atoms with Crippen LogP contribution in [0.3, 0.4) is 0 Å². The number of hydrogen-bond acceptors (Lipinski definition) is 3. The van der Waals surface area contributed by atoms with Crippen LogP contribution in [0.25, 0.3) is 0 Å². The molecule has 0 aliphatic carbocycles. The molecule has 0 aliphatic heterocycles. The van der Waals surface area contributed by atoms with Crippen molar-refractivity contribution in [2.75, 3.05) is 7.11 Å². The van der Waals surface area contributed by atoms with E-state index >= 15 is 0 Å². The first-order valence-electron chi connectivity index (χ1n) is 6.44. The highest BCUT2D eigenvalue weighted by Crippen LogP contribution is 2.25. The van der Waals surface area contributed by atoms with Gasteiger partial charge in [0.1, 0.15) is 5.75 Å². The van der Waals surface area contributed by atoms with Gasteiger partial charge in [-0.05, 0) is 11.5 Å². The summed E-state index contributed by atoms with van der Waals surface area (Å²) in [5, 5.41) is 11.6. The molecule has 0 bridgehead atoms. The molecule has 0 saturated heterocycles. The van der Waals surface area contributed by atoms with Crippen LogP contribution >= 0.6 is 0 Å². The number of hydrogen-bond donors (Lipinski definition) is 2. The molecule has 0 radical (unpaired) electrons. The predicted molar refractivity (Wildman–Crippen MR) is 75.5 cm³/mol. The van der Waals surface area contributed by atoms with Crippen molar-refractivity contribution in [2.24, 2.45) is 5.41 Å². The summed E-state index contributed by atoms with van der Waals surface area (Å²) in [4.78, 5) is 22.6. The van der Waals surface area contributed by atoms with E-state index in [4.69, 9.17) is 9.84 Å². The largest absolute Gasteiger partial charge is 0.496 e. The van der Waals surface area contributed by atoms with Crippen molar-refractivity contribution >= 4 is 11.9 Å². The van der Waals surface area contributed by atoms with Crippen LogP contribution in [0.15, 0.2) is 24.3 Å². The summed E-state index contributed by atoms with van der Waals surface area (Å²) in [6, 6.07) is 7.44. The standard InChI is InChI=1S/C15H21NO4/c1-15(2,9-14(18)19)8-13(17)16-10-11-6-4-5-7-12(11)20-3/h4-7H,8-10H2,1-3H3,(H,16,17)(H,18,19). The van der Waals surface area contributed by atoms with Gasteiger partial charge in [0, 0.05) is 18.5 Å². The lowest BCUT2D eigenvalue weighted by Crippen LogP contribution is -2.29. The molecule has 110 valence electrons. The summed E-state index contributed by atoms with van der Waals surface area (Å²) < 4.78 is 5.20. The van der Waals surface area contributed by atoms with E-state index in [0.717, 1.165) is 11.3 Å². The van der Waals surface area contributed by atoms with Crippen LogP contribution in [-0.4, -0.2) is 24.1 Å². The summed E-state index contributed by atoms with van der Waals surface area (Å²) >= 11 is 0. The second kappa shape index (κ2) is 6.93. The zero-order valence-electron chi connectivity index (χ0n) is 12.1. The van der Waals surface area contributed by atoms with Gasteiger partial charge in [0.2, 0.25) is 5.91 Å². The molecule has 5 nitrogen and oxygen atoms in total. The van der Waals surface area contributed by atoms with Gasteiger partial charge in [-0.25, -0.2) is 0 Å². The molecule has 0 spiro atoms. The van der Waals surface area contributed by atoms with Crippen LogP contribution in [0.4, 0.5) is 0 Å². The minimum Gasteiger partial charge on any atom is -0.496 e. The van der Waals surface area contributed by atoms with Gasteiger partial charge < -0.3 is 15.2 Å². The molecule has 1 amide bonds. The smallest absolute Gasteiger partial charge is 0.303 e. The quantitative estimate of drug-likeness (QED) is 0.802. The lowest BCUT2D eigenvalue weighted by molar-refractivity contribution is -0.139. The average molecular weight is 279 g/mol. The van der Waals surface area contributed by atoms with E-state index < -0.39 is 11.4 Å². The van der Waals surface area contributed by atoms with Crippen LogP contribution in [0, 0.1) is 5.41 Å². The Balaban J connectivity index is 2.53. The van der Waals surface area contributed by atoms with Gasteiger partial charge in [0.05, 0.1) is 13.5 Å². The van der Waals surface area contributed by atoms with Crippen LogP contribution in [0.2, 0.25) is 0 Å². The van der Waals surface area contributed by atoms with Crippen LogP contribution in [0.5, 0.6) is 5.75 Å². The number of rotatable bonds is 7. The number of ether oxygens (including phenoxy) is 1. The molecule has 1 aromatic rings. The van der Waals surface area contributed by atoms with E-state index in [1.165, 1.54) is 0 Å². The number of aliphatic carboxylic acids is 1. The van der Waals surface area contributed by atoms with Crippen LogP contribution < -0.4 is 10.1 Å². The second-order valence-corrected chi connectivity index (χ2v) is 5.50. The van der Waals surface area contributed by atoms with Gasteiger partial charge in [-0.2, -0.15) is 0 Å². The maximum absolute atomic E-state index is 11.9. The molecule has 0 aliphatic rings. The number of para-hydroxylation sites is 1. The molecule has 2 N–H and O–H groups in total. The predicted octanol–water partition coefficient (Wildman–Crippen LogP) is 2.20. The van der Waals surface area contributed by atoms with E-state index in [1.807, 2.05) is 24.3 Å². The number of carboxylic acid groups (broad SMARTS) is 1. The normalized spacial score (nSPS) is 10.9. The number of carboxylic acids is 1. The Labute approximate surface area is 118 Å². The summed E-state index contributed by atoms with van der Waals surface area (Å²) in [6.45, 7) is 3.90. The molecular weight excluding hydrogens is 258 g/mol. The lowest BCUT2D eigenvalue weighted by Gasteiger charge is -2.21. The van der Waals surface area contributed by atoms with Crippen molar-refractivity contribution in [2.45, 2.75) is 33.2 Å². The molecule has 0 aromatic heterocycles. The van der Waals surface area contributed by atoms with Crippen LogP contribution in [-0.2, 0) is 16.1 Å². The number of methoxy groups -OCH3 is 1. The second-order valence-electron chi connectivity index (χ2n) is 5.50. The summed E-state index contributed by atoms with van der Waals surface area (Å²) in [5.74, 6) is -0.340. The van der Waals surface area contributed by atoms with E-state index in [2.05, 4.69) is 5.32 Å². The Bertz CT molecular complexity index is 483. The lowest BCUT2D eigenvalue weighted by atomic mass is 9.85. The molecule has 20 heavy (non-hydrogen) atoms. The topological polar surface area (TPSA) is 75.6 Å². The van der Waals surface area contributed by atoms with E-state index in [0.29, 0.717) is 6.54 Å². The fourth-order valence-corrected chi connectivity index (χ4v) is 2.01. The van der Waals surface area contributed by atoms with Crippen molar-refractivity contribution in [3.63, 3.8) is 0 Å². The summed E-state index contributed by atoms with van der Waals surface area (Å²) in [7, 11) is 1.58. The minimum atomic E-state index is -0.896. The highest BCUT2D eigenvalue weighted by molar-refractivity contribution is 5.78. The molecule has 1 aromatic carbocycles. The average Bonchev–Trinajstić information content (AvgIpc) is 2.34. The Morgan fingerprint density at radius 1 is 1.25 bits per heavy atom. The maximum atomic E-state index is 11.9. The Hall–Kier alpha value is -2.04. The van der Waals surface area contributed by atoms with Gasteiger partial charge >= 0.3 is 5.97 Å². The zero-order chi connectivity index (χ0) is 15.2. The van der Waals surface area contributed by atoms with E-state index in [9.17, 15) is 9.59 Å². The number of carbonyl (C=O) groups excluding carboxylic acids is 1. The molecule has 0 atom stereocenters. The van der Waals surface area contributed by atoms with Crippen LogP contribution in [0.1, 0.15) is 32.3 Å². The highest BCUT2D eigenvalue weighted by Gasteiger charge is 2.25. The first-order valence-corrected chi connectivity index (χ1v) is 6.44. The van der Waals surface area contributed by atoms with E-state index in [-0.39, 0.29) is 18.7 Å². The summed E-state index contributed by atoms with van der Waals surface area (Å²) in [6.07, 6.45) is 0.142. The minimum absolute atomic E-state index is 0.0327. The van der Waals surface area contributed by atoms with E-state index in [1.54, 1.807) is 21.0 Å². The number of carbonyl (C=O) groups is 2. The SMILES string of the molecule is COc1ccccc1CNC(=O)CC(C)(C)CC(=O)O. The van der Waals surface area contributed by atoms with Gasteiger partial charge in [0.15, 0.2) is 0 Å². The van der Waals surface area contributed by atoms with Crippen molar-refractivity contribution in [3.8, 4) is 5.75 Å². The molecule has 0 saturated carbocycles. The third-order valence-electron chi connectivity index (χ3n) is 2.94. The zero-order valence-corrected chi connectivity index (χ0v) is 12.1. The third kappa shape index (κ3) is 5.30. The monoisotopic (exact) mass is 279 g/mol. The fraction of sp³-hybridized carbons (Fsp3) is 0.467. The number of benzene rings is 1. The first-order chi connectivity index (χ1) is 9.34. The van der Waals surface area contributed by atoms with Crippen molar-refractivity contribution in [1.82, 2.24) is 5.32 Å². The number of amides is 1. The number of nitrogens with one attached hydrogen (secondary N) is 1. The molecule has 0 fully saturated rings. The Morgan fingerprint density at radius 3 is 2.50 bits per heavy atom. The molecule has 5 heteroatoms. The van der Waals surface area contributed by atoms with Gasteiger partial charge in [0.25, 0.3) is 0 Å². The third-order valence-corrected chi connectivity index (χ3v) is 2.94.